The van der Waals surface area contributed by atoms with Gasteiger partial charge in [0.2, 0.25) is 5.16 Å². The van der Waals surface area contributed by atoms with Crippen molar-refractivity contribution in [3.05, 3.63) is 65.5 Å². The molecule has 0 aliphatic carbocycles. The fourth-order valence-electron chi connectivity index (χ4n) is 2.21. The third-order valence-corrected chi connectivity index (χ3v) is 3.70. The van der Waals surface area contributed by atoms with Gasteiger partial charge in [0.15, 0.2) is 17.3 Å². The maximum absolute atomic E-state index is 9.63. The third-order valence-electron chi connectivity index (χ3n) is 3.42. The molecule has 0 unspecified atom stereocenters. The molecule has 0 saturated carbocycles. The Bertz CT molecular complexity index is 862. The van der Waals surface area contributed by atoms with Crippen LogP contribution in [0.3, 0.4) is 0 Å². The molecule has 3 rings (SSSR count). The molecule has 24 heavy (non-hydrogen) atoms. The average molecular weight is 340 g/mol. The van der Waals surface area contributed by atoms with Gasteiger partial charge in [-0.3, -0.25) is 0 Å². The Balaban J connectivity index is 1.86. The van der Waals surface area contributed by atoms with E-state index in [2.05, 4.69) is 27.9 Å². The molecule has 6 nitrogen and oxygen atoms in total. The number of phenolic OH excluding ortho intramolecular Hbond substituents is 1. The van der Waals surface area contributed by atoms with Crippen molar-refractivity contribution >= 4 is 18.8 Å². The van der Waals surface area contributed by atoms with E-state index < -0.39 is 0 Å². The minimum Gasteiger partial charge on any atom is -0.504 e. The number of hydrogen-bond acceptors (Lipinski definition) is 6. The van der Waals surface area contributed by atoms with Crippen molar-refractivity contribution < 1.29 is 9.84 Å². The predicted octanol–water partition coefficient (Wildman–Crippen LogP) is 2.75. The Kier molecular flexibility index (Phi) is 4.81. The molecule has 0 atom stereocenters. The van der Waals surface area contributed by atoms with Gasteiger partial charge in [-0.1, -0.05) is 30.3 Å². The van der Waals surface area contributed by atoms with Crippen LogP contribution in [0.5, 0.6) is 11.5 Å². The zero-order valence-electron chi connectivity index (χ0n) is 13.0. The molecule has 1 N–H and O–H groups in total. The first-order valence-corrected chi connectivity index (χ1v) is 7.70. The van der Waals surface area contributed by atoms with Crippen molar-refractivity contribution in [3.63, 3.8) is 0 Å². The SMILES string of the molecule is COc1cc(C=Nn2c(S)nnc2Cc2ccccc2)ccc1O. The van der Waals surface area contributed by atoms with E-state index in [1.165, 1.54) is 7.11 Å². The fraction of sp³-hybridized carbons (Fsp3) is 0.118. The number of rotatable bonds is 5. The summed E-state index contributed by atoms with van der Waals surface area (Å²) < 4.78 is 6.67. The number of hydrogen-bond donors (Lipinski definition) is 2. The molecule has 0 aliphatic heterocycles. The highest BCUT2D eigenvalue weighted by atomic mass is 32.1. The van der Waals surface area contributed by atoms with Gasteiger partial charge in [-0.15, -0.1) is 22.8 Å². The molecular weight excluding hydrogens is 324 g/mol. The lowest BCUT2D eigenvalue weighted by molar-refractivity contribution is 0.373. The summed E-state index contributed by atoms with van der Waals surface area (Å²) >= 11 is 4.30. The summed E-state index contributed by atoms with van der Waals surface area (Å²) in [6, 6.07) is 14.9. The Morgan fingerprint density at radius 2 is 2.00 bits per heavy atom. The monoisotopic (exact) mass is 340 g/mol. The Hall–Kier alpha value is -2.80. The van der Waals surface area contributed by atoms with Crippen LogP contribution in [0.1, 0.15) is 17.0 Å². The van der Waals surface area contributed by atoms with Crippen molar-refractivity contribution in [2.24, 2.45) is 5.10 Å². The van der Waals surface area contributed by atoms with Crippen LogP contribution in [-0.4, -0.2) is 33.3 Å². The van der Waals surface area contributed by atoms with Crippen molar-refractivity contribution in [3.8, 4) is 11.5 Å². The highest BCUT2D eigenvalue weighted by molar-refractivity contribution is 7.80. The van der Waals surface area contributed by atoms with Crippen LogP contribution in [0.15, 0.2) is 58.8 Å². The Morgan fingerprint density at radius 3 is 2.75 bits per heavy atom. The molecule has 1 aromatic heterocycles. The van der Waals surface area contributed by atoms with Crippen LogP contribution in [0.2, 0.25) is 0 Å². The minimum absolute atomic E-state index is 0.0820. The molecular formula is C17H16N4O2S. The van der Waals surface area contributed by atoms with Gasteiger partial charge in [0.05, 0.1) is 13.3 Å². The standard InChI is InChI=1S/C17H16N4O2S/c1-23-15-9-13(7-8-14(15)22)11-18-21-16(19-20-17(21)24)10-12-5-3-2-4-6-12/h2-9,11,22H,10H2,1H3,(H,20,24). The summed E-state index contributed by atoms with van der Waals surface area (Å²) in [5.74, 6) is 1.16. The molecule has 0 saturated heterocycles. The zero-order chi connectivity index (χ0) is 16.9. The van der Waals surface area contributed by atoms with Crippen LogP contribution < -0.4 is 4.74 Å². The van der Waals surface area contributed by atoms with Crippen LogP contribution in [-0.2, 0) is 6.42 Å². The first-order valence-electron chi connectivity index (χ1n) is 7.26. The average Bonchev–Trinajstić information content (AvgIpc) is 2.95. The number of benzene rings is 2. The molecule has 0 amide bonds. The van der Waals surface area contributed by atoms with Gasteiger partial charge in [-0.25, -0.2) is 0 Å². The molecule has 0 fully saturated rings. The molecule has 0 spiro atoms. The van der Waals surface area contributed by atoms with E-state index in [0.29, 0.717) is 23.2 Å². The molecule has 0 radical (unpaired) electrons. The van der Waals surface area contributed by atoms with Gasteiger partial charge in [0, 0.05) is 6.42 Å². The van der Waals surface area contributed by atoms with Crippen LogP contribution in [0, 0.1) is 0 Å². The highest BCUT2D eigenvalue weighted by Gasteiger charge is 2.09. The van der Waals surface area contributed by atoms with E-state index in [1.807, 2.05) is 30.3 Å². The number of ether oxygens (including phenoxy) is 1. The first-order chi connectivity index (χ1) is 11.7. The fourth-order valence-corrected chi connectivity index (χ4v) is 2.42. The van der Waals surface area contributed by atoms with E-state index in [1.54, 1.807) is 29.1 Å². The van der Waals surface area contributed by atoms with E-state index in [-0.39, 0.29) is 5.75 Å². The largest absolute Gasteiger partial charge is 0.504 e. The summed E-state index contributed by atoms with van der Waals surface area (Å²) in [5, 5.41) is 22.5. The second kappa shape index (κ2) is 7.18. The maximum Gasteiger partial charge on any atom is 0.208 e. The lowest BCUT2D eigenvalue weighted by atomic mass is 10.1. The minimum atomic E-state index is 0.0820. The van der Waals surface area contributed by atoms with Crippen LogP contribution >= 0.6 is 12.6 Å². The van der Waals surface area contributed by atoms with E-state index in [0.717, 1.165) is 11.1 Å². The van der Waals surface area contributed by atoms with Gasteiger partial charge < -0.3 is 9.84 Å². The van der Waals surface area contributed by atoms with Crippen molar-refractivity contribution in [1.29, 1.82) is 0 Å². The molecule has 3 aromatic rings. The molecule has 0 bridgehead atoms. The second-order valence-electron chi connectivity index (χ2n) is 5.07. The van der Waals surface area contributed by atoms with Gasteiger partial charge in [0.1, 0.15) is 0 Å². The lowest BCUT2D eigenvalue weighted by Crippen LogP contribution is -2.01. The van der Waals surface area contributed by atoms with Gasteiger partial charge in [0.25, 0.3) is 0 Å². The summed E-state index contributed by atoms with van der Waals surface area (Å²) in [7, 11) is 1.50. The van der Waals surface area contributed by atoms with Crippen molar-refractivity contribution in [2.75, 3.05) is 7.11 Å². The van der Waals surface area contributed by atoms with Crippen LogP contribution in [0.25, 0.3) is 0 Å². The quantitative estimate of drug-likeness (QED) is 0.553. The van der Waals surface area contributed by atoms with Crippen molar-refractivity contribution in [1.82, 2.24) is 14.9 Å². The van der Waals surface area contributed by atoms with Gasteiger partial charge in [-0.05, 0) is 29.3 Å². The molecule has 1 heterocycles. The van der Waals surface area contributed by atoms with Crippen molar-refractivity contribution in [2.45, 2.75) is 11.6 Å². The summed E-state index contributed by atoms with van der Waals surface area (Å²) in [5.41, 5.74) is 1.89. The van der Waals surface area contributed by atoms with E-state index in [9.17, 15) is 5.11 Å². The zero-order valence-corrected chi connectivity index (χ0v) is 13.9. The number of phenols is 1. The molecule has 7 heteroatoms. The number of nitrogens with zero attached hydrogens (tertiary/aromatic N) is 4. The normalized spacial score (nSPS) is 11.1. The predicted molar refractivity (Wildman–Crippen MR) is 94.2 cm³/mol. The third kappa shape index (κ3) is 3.57. The maximum atomic E-state index is 9.63. The molecule has 122 valence electrons. The van der Waals surface area contributed by atoms with E-state index >= 15 is 0 Å². The highest BCUT2D eigenvalue weighted by Crippen LogP contribution is 2.25. The smallest absolute Gasteiger partial charge is 0.208 e. The lowest BCUT2D eigenvalue weighted by Gasteiger charge is -2.04. The van der Waals surface area contributed by atoms with E-state index in [4.69, 9.17) is 4.74 Å². The summed E-state index contributed by atoms with van der Waals surface area (Å²) in [4.78, 5) is 0. The summed E-state index contributed by atoms with van der Waals surface area (Å²) in [6.45, 7) is 0. The number of aromatic hydroxyl groups is 1. The van der Waals surface area contributed by atoms with Crippen LogP contribution in [0.4, 0.5) is 0 Å². The Labute approximate surface area is 144 Å². The number of methoxy groups -OCH3 is 1. The Morgan fingerprint density at radius 1 is 1.21 bits per heavy atom. The second-order valence-corrected chi connectivity index (χ2v) is 5.47. The first kappa shape index (κ1) is 16.1. The van der Waals surface area contributed by atoms with Gasteiger partial charge >= 0.3 is 0 Å². The molecule has 0 aliphatic rings. The topological polar surface area (TPSA) is 72.5 Å². The molecule has 2 aromatic carbocycles. The number of aromatic nitrogens is 3. The number of thiol groups is 1. The van der Waals surface area contributed by atoms with Gasteiger partial charge in [-0.2, -0.15) is 9.78 Å². The summed E-state index contributed by atoms with van der Waals surface area (Å²) in [6.07, 6.45) is 2.24.